The first-order chi connectivity index (χ1) is 13.1. The molecule has 0 radical (unpaired) electrons. The van der Waals surface area contributed by atoms with Gasteiger partial charge in [-0.3, -0.25) is 4.90 Å². The molecule has 2 aromatic carbocycles. The number of benzene rings is 2. The largest absolute Gasteiger partial charge is 0.406 e. The molecule has 5 nitrogen and oxygen atoms in total. The monoisotopic (exact) mass is 498 g/mol. The van der Waals surface area contributed by atoms with Crippen LogP contribution in [0.3, 0.4) is 0 Å². The highest BCUT2D eigenvalue weighted by Gasteiger charge is 2.31. The average Bonchev–Trinajstić information content (AvgIpc) is 2.96. The lowest BCUT2D eigenvalue weighted by molar-refractivity contribution is -0.649. The van der Waals surface area contributed by atoms with Gasteiger partial charge in [-0.2, -0.15) is 0 Å². The first kappa shape index (κ1) is 21.8. The van der Waals surface area contributed by atoms with Crippen molar-refractivity contribution in [3.05, 3.63) is 54.4 Å². The van der Waals surface area contributed by atoms with Gasteiger partial charge in [0.1, 0.15) is 0 Å². The zero-order valence-electron chi connectivity index (χ0n) is 14.9. The number of aromatic nitrogens is 4. The van der Waals surface area contributed by atoms with Crippen LogP contribution in [0.5, 0.6) is 0 Å². The standard InChI is InChI=1S/C17H14Cl6N5/c1-8(2)26(3)17-24-28(16-13(22)6-10(19)7-14(16)23)25-27(17)15-11(20)4-9(18)5-12(15)21/h4-8H,1-3H3/q+1. The summed E-state index contributed by atoms with van der Waals surface area (Å²) in [6.07, 6.45) is 0. The minimum atomic E-state index is 0.109. The fraction of sp³-hybridized carbons (Fsp3) is 0.235. The van der Waals surface area contributed by atoms with E-state index in [-0.39, 0.29) is 6.04 Å². The maximum atomic E-state index is 6.41. The van der Waals surface area contributed by atoms with Gasteiger partial charge in [-0.05, 0) is 42.9 Å². The second-order valence-corrected chi connectivity index (χ2v) is 8.73. The molecule has 11 heteroatoms. The molecular formula is C17H14Cl6N5+. The number of hydrogen-bond donors (Lipinski definition) is 0. The van der Waals surface area contributed by atoms with Crippen molar-refractivity contribution >= 4 is 75.6 Å². The van der Waals surface area contributed by atoms with Crippen LogP contribution in [-0.2, 0) is 0 Å². The number of rotatable bonds is 4. The number of anilines is 1. The quantitative estimate of drug-likeness (QED) is 0.394. The molecule has 0 spiro atoms. The Morgan fingerprint density at radius 3 is 1.79 bits per heavy atom. The van der Waals surface area contributed by atoms with Crippen LogP contribution in [0.2, 0.25) is 30.1 Å². The van der Waals surface area contributed by atoms with Crippen LogP contribution < -0.4 is 9.58 Å². The summed E-state index contributed by atoms with van der Waals surface area (Å²) in [4.78, 5) is 3.22. The molecule has 0 bridgehead atoms. The van der Waals surface area contributed by atoms with Crippen LogP contribution >= 0.6 is 69.6 Å². The van der Waals surface area contributed by atoms with E-state index in [1.54, 1.807) is 24.3 Å². The van der Waals surface area contributed by atoms with E-state index in [0.29, 0.717) is 47.5 Å². The molecule has 28 heavy (non-hydrogen) atoms. The van der Waals surface area contributed by atoms with Crippen LogP contribution in [0, 0.1) is 0 Å². The Morgan fingerprint density at radius 2 is 1.32 bits per heavy atom. The van der Waals surface area contributed by atoms with Gasteiger partial charge in [0.2, 0.25) is 0 Å². The summed E-state index contributed by atoms with van der Waals surface area (Å²) in [5.74, 6) is 0.475. The molecule has 3 rings (SSSR count). The van der Waals surface area contributed by atoms with Crippen molar-refractivity contribution in [2.45, 2.75) is 19.9 Å². The molecule has 0 aliphatic carbocycles. The summed E-state index contributed by atoms with van der Waals surface area (Å²) in [6, 6.07) is 6.39. The lowest BCUT2D eigenvalue weighted by atomic mass is 10.3. The van der Waals surface area contributed by atoms with E-state index in [4.69, 9.17) is 69.6 Å². The molecular weight excluding hydrogens is 487 g/mol. The summed E-state index contributed by atoms with van der Waals surface area (Å²) >= 11 is 37.6. The molecule has 148 valence electrons. The number of hydrogen-bond acceptors (Lipinski definition) is 3. The molecule has 0 saturated heterocycles. The molecule has 0 unspecified atom stereocenters. The van der Waals surface area contributed by atoms with Crippen molar-refractivity contribution in [1.82, 2.24) is 15.1 Å². The van der Waals surface area contributed by atoms with Gasteiger partial charge in [-0.15, -0.1) is 0 Å². The normalized spacial score (nSPS) is 11.4. The van der Waals surface area contributed by atoms with Gasteiger partial charge in [0.15, 0.2) is 11.4 Å². The van der Waals surface area contributed by atoms with E-state index < -0.39 is 0 Å². The summed E-state index contributed by atoms with van der Waals surface area (Å²) in [6.45, 7) is 4.02. The van der Waals surface area contributed by atoms with Gasteiger partial charge in [-0.1, -0.05) is 74.3 Å². The zero-order valence-corrected chi connectivity index (χ0v) is 19.4. The second kappa shape index (κ2) is 8.42. The SMILES string of the molecule is CC(C)N(C)c1nn(-c2c(Cl)cc(Cl)cc2Cl)n[n+]1-c1c(Cl)cc(Cl)cc1Cl. The molecule has 3 aromatic rings. The van der Waals surface area contributed by atoms with Gasteiger partial charge in [0.25, 0.3) is 0 Å². The van der Waals surface area contributed by atoms with E-state index >= 15 is 0 Å². The molecule has 0 N–H and O–H groups in total. The lowest BCUT2D eigenvalue weighted by Gasteiger charge is -2.15. The molecule has 0 fully saturated rings. The summed E-state index contributed by atoms with van der Waals surface area (Å²) < 4.78 is 1.52. The smallest absolute Gasteiger partial charge is 0.278 e. The average molecular weight is 501 g/mol. The van der Waals surface area contributed by atoms with Crippen LogP contribution in [0.4, 0.5) is 5.95 Å². The Bertz CT molecular complexity index is 1000. The topological polar surface area (TPSA) is 37.8 Å². The predicted octanol–water partition coefficient (Wildman–Crippen LogP) is 6.31. The highest BCUT2D eigenvalue weighted by molar-refractivity contribution is 6.41. The fourth-order valence-electron chi connectivity index (χ4n) is 2.42. The van der Waals surface area contributed by atoms with Gasteiger partial charge >= 0.3 is 5.95 Å². The van der Waals surface area contributed by atoms with E-state index in [1.165, 1.54) is 9.48 Å². The van der Waals surface area contributed by atoms with Crippen molar-refractivity contribution < 1.29 is 4.68 Å². The summed E-state index contributed by atoms with van der Waals surface area (Å²) in [5, 5.41) is 11.1. The Morgan fingerprint density at radius 1 is 0.857 bits per heavy atom. The van der Waals surface area contributed by atoms with Crippen LogP contribution in [0.15, 0.2) is 24.3 Å². The van der Waals surface area contributed by atoms with Crippen LogP contribution in [-0.4, -0.2) is 28.2 Å². The van der Waals surface area contributed by atoms with E-state index in [2.05, 4.69) is 10.3 Å². The highest BCUT2D eigenvalue weighted by atomic mass is 35.5. The third-order valence-electron chi connectivity index (χ3n) is 4.01. The van der Waals surface area contributed by atoms with Gasteiger partial charge in [0, 0.05) is 22.3 Å². The molecule has 0 aliphatic heterocycles. The van der Waals surface area contributed by atoms with Crippen molar-refractivity contribution in [2.24, 2.45) is 0 Å². The van der Waals surface area contributed by atoms with Crippen molar-refractivity contribution in [2.75, 3.05) is 11.9 Å². The van der Waals surface area contributed by atoms with Gasteiger partial charge in [-0.25, -0.2) is 0 Å². The minimum Gasteiger partial charge on any atom is -0.278 e. The number of nitrogens with zero attached hydrogens (tertiary/aromatic N) is 5. The van der Waals surface area contributed by atoms with Crippen molar-refractivity contribution in [3.8, 4) is 11.4 Å². The Labute approximate surface area is 192 Å². The molecule has 1 aromatic heterocycles. The Kier molecular flexibility index (Phi) is 6.54. The minimum absolute atomic E-state index is 0.109. The summed E-state index contributed by atoms with van der Waals surface area (Å²) in [7, 11) is 1.87. The zero-order chi connectivity index (χ0) is 20.7. The molecule has 0 saturated carbocycles. The van der Waals surface area contributed by atoms with Crippen molar-refractivity contribution in [1.29, 1.82) is 0 Å². The molecule has 0 atom stereocenters. The van der Waals surface area contributed by atoms with Gasteiger partial charge in [0.05, 0.1) is 31.2 Å². The van der Waals surface area contributed by atoms with E-state index in [0.717, 1.165) is 0 Å². The third kappa shape index (κ3) is 4.16. The third-order valence-corrected chi connectivity index (χ3v) is 5.60. The van der Waals surface area contributed by atoms with E-state index in [1.807, 2.05) is 25.8 Å². The van der Waals surface area contributed by atoms with Gasteiger partial charge < -0.3 is 0 Å². The van der Waals surface area contributed by atoms with Crippen LogP contribution in [0.25, 0.3) is 11.4 Å². The first-order valence-electron chi connectivity index (χ1n) is 8.02. The van der Waals surface area contributed by atoms with Crippen molar-refractivity contribution in [3.63, 3.8) is 0 Å². The first-order valence-corrected chi connectivity index (χ1v) is 10.3. The Hall–Kier alpha value is -0.950. The second-order valence-electron chi connectivity index (χ2n) is 6.23. The Balaban J connectivity index is 2.30. The highest BCUT2D eigenvalue weighted by Crippen LogP contribution is 2.33. The lowest BCUT2D eigenvalue weighted by Crippen LogP contribution is -2.43. The molecule has 0 amide bonds. The molecule has 0 aliphatic rings. The van der Waals surface area contributed by atoms with E-state index in [9.17, 15) is 0 Å². The fourth-order valence-corrected chi connectivity index (χ4v) is 4.37. The maximum absolute atomic E-state index is 6.41. The number of halogens is 6. The van der Waals surface area contributed by atoms with Crippen LogP contribution in [0.1, 0.15) is 13.8 Å². The summed E-state index contributed by atoms with van der Waals surface area (Å²) in [5.41, 5.74) is 0.814. The predicted molar refractivity (Wildman–Crippen MR) is 116 cm³/mol. The molecule has 1 heterocycles. The number of tetrazole rings is 1. The maximum Gasteiger partial charge on any atom is 0.406 e.